The number of phenols is 1. The Kier molecular flexibility index (Phi) is 8.16. The van der Waals surface area contributed by atoms with Crippen molar-refractivity contribution in [3.63, 3.8) is 0 Å². The number of nitro groups is 1. The Morgan fingerprint density at radius 2 is 1.82 bits per heavy atom. The van der Waals surface area contributed by atoms with Gasteiger partial charge in [-0.2, -0.15) is 0 Å². The minimum absolute atomic E-state index is 0.0493. The Bertz CT molecular complexity index is 1420. The summed E-state index contributed by atoms with van der Waals surface area (Å²) >= 11 is 0.728. The van der Waals surface area contributed by atoms with Crippen molar-refractivity contribution in [2.24, 2.45) is 0 Å². The lowest BCUT2D eigenvalue weighted by molar-refractivity contribution is -0.385. The van der Waals surface area contributed by atoms with E-state index in [0.29, 0.717) is 12.0 Å². The number of carbonyl (C=O) groups is 2. The second-order valence-corrected chi connectivity index (χ2v) is 10.3. The van der Waals surface area contributed by atoms with Crippen molar-refractivity contribution in [2.75, 3.05) is 13.2 Å². The van der Waals surface area contributed by atoms with E-state index < -0.39 is 27.5 Å². The topological polar surface area (TPSA) is 110 Å². The van der Waals surface area contributed by atoms with Gasteiger partial charge in [0, 0.05) is 11.6 Å². The summed E-state index contributed by atoms with van der Waals surface area (Å²) < 4.78 is 5.94. The SMILES string of the molecule is Cc1ccc(C(C)C)c(OCCN2C(=O)S/C(=C\c3cc(Cc4ccccc4)cc([N+](=O)[O-])c3O)C2=O)c1. The summed E-state index contributed by atoms with van der Waals surface area (Å²) in [5.74, 6) is -0.120. The van der Waals surface area contributed by atoms with E-state index in [4.69, 9.17) is 4.74 Å². The third kappa shape index (κ3) is 6.06. The molecule has 1 aliphatic heterocycles. The maximum absolute atomic E-state index is 13.0. The molecule has 1 heterocycles. The van der Waals surface area contributed by atoms with Crippen molar-refractivity contribution < 1.29 is 24.4 Å². The number of aromatic hydroxyl groups is 1. The monoisotopic (exact) mass is 532 g/mol. The molecular weight excluding hydrogens is 504 g/mol. The van der Waals surface area contributed by atoms with Gasteiger partial charge in [-0.05, 0) is 71.5 Å². The Morgan fingerprint density at radius 1 is 1.08 bits per heavy atom. The summed E-state index contributed by atoms with van der Waals surface area (Å²) in [7, 11) is 0. The number of aryl methyl sites for hydroxylation is 1. The Labute approximate surface area is 225 Å². The van der Waals surface area contributed by atoms with Gasteiger partial charge in [-0.25, -0.2) is 0 Å². The Morgan fingerprint density at radius 3 is 2.50 bits per heavy atom. The molecule has 1 aliphatic rings. The van der Waals surface area contributed by atoms with E-state index in [1.165, 1.54) is 12.1 Å². The summed E-state index contributed by atoms with van der Waals surface area (Å²) in [4.78, 5) is 37.7. The van der Waals surface area contributed by atoms with Crippen LogP contribution in [0.15, 0.2) is 65.6 Å². The van der Waals surface area contributed by atoms with Gasteiger partial charge in [0.2, 0.25) is 5.75 Å². The second-order valence-electron chi connectivity index (χ2n) is 9.35. The van der Waals surface area contributed by atoms with Crippen LogP contribution in [-0.2, 0) is 11.2 Å². The first-order chi connectivity index (χ1) is 18.1. The molecule has 0 atom stereocenters. The average molecular weight is 533 g/mol. The van der Waals surface area contributed by atoms with Gasteiger partial charge in [-0.3, -0.25) is 24.6 Å². The van der Waals surface area contributed by atoms with Gasteiger partial charge >= 0.3 is 5.69 Å². The highest BCUT2D eigenvalue weighted by molar-refractivity contribution is 8.18. The molecule has 0 radical (unpaired) electrons. The number of imide groups is 1. The number of phenolic OH excluding ortho intramolecular Hbond substituents is 1. The summed E-state index contributed by atoms with van der Waals surface area (Å²) in [6.45, 7) is 6.26. The number of hydrogen-bond acceptors (Lipinski definition) is 7. The van der Waals surface area contributed by atoms with Crippen LogP contribution in [0.1, 0.15) is 47.6 Å². The molecule has 0 bridgehead atoms. The first-order valence-corrected chi connectivity index (χ1v) is 13.0. The lowest BCUT2D eigenvalue weighted by Crippen LogP contribution is -2.32. The molecule has 3 aromatic rings. The quantitative estimate of drug-likeness (QED) is 0.192. The molecule has 0 unspecified atom stereocenters. The van der Waals surface area contributed by atoms with Gasteiger partial charge in [0.05, 0.1) is 16.4 Å². The molecule has 1 fully saturated rings. The van der Waals surface area contributed by atoms with Crippen molar-refractivity contribution in [2.45, 2.75) is 33.1 Å². The molecule has 4 rings (SSSR count). The van der Waals surface area contributed by atoms with Crippen LogP contribution >= 0.6 is 11.8 Å². The average Bonchev–Trinajstić information content (AvgIpc) is 3.13. The Hall–Kier alpha value is -4.11. The van der Waals surface area contributed by atoms with Crippen LogP contribution in [0.25, 0.3) is 6.08 Å². The van der Waals surface area contributed by atoms with E-state index in [1.54, 1.807) is 6.07 Å². The molecule has 1 N–H and O–H groups in total. The Balaban J connectivity index is 1.53. The van der Waals surface area contributed by atoms with E-state index in [0.717, 1.165) is 39.1 Å². The number of nitro benzene ring substituents is 1. The fraction of sp³-hybridized carbons (Fsp3) is 0.241. The van der Waals surface area contributed by atoms with Crippen molar-refractivity contribution in [3.8, 4) is 11.5 Å². The minimum atomic E-state index is -0.666. The largest absolute Gasteiger partial charge is 0.502 e. The highest BCUT2D eigenvalue weighted by Gasteiger charge is 2.35. The fourth-order valence-corrected chi connectivity index (χ4v) is 5.06. The lowest BCUT2D eigenvalue weighted by atomic mass is 10.0. The number of hydrogen-bond donors (Lipinski definition) is 1. The molecule has 9 heteroatoms. The molecule has 38 heavy (non-hydrogen) atoms. The summed E-state index contributed by atoms with van der Waals surface area (Å²) in [6, 6.07) is 18.3. The van der Waals surface area contributed by atoms with Crippen LogP contribution in [0.5, 0.6) is 11.5 Å². The van der Waals surface area contributed by atoms with E-state index in [2.05, 4.69) is 13.8 Å². The van der Waals surface area contributed by atoms with Crippen LogP contribution < -0.4 is 4.74 Å². The molecule has 0 spiro atoms. The zero-order valence-corrected chi connectivity index (χ0v) is 22.2. The number of thioether (sulfide) groups is 1. The van der Waals surface area contributed by atoms with Crippen LogP contribution in [0.4, 0.5) is 10.5 Å². The minimum Gasteiger partial charge on any atom is -0.502 e. The molecular formula is C29H28N2O6S. The van der Waals surface area contributed by atoms with E-state index in [1.807, 2.05) is 55.5 Å². The van der Waals surface area contributed by atoms with Gasteiger partial charge in [0.1, 0.15) is 12.4 Å². The molecule has 0 aromatic heterocycles. The van der Waals surface area contributed by atoms with Crippen LogP contribution in [0.2, 0.25) is 0 Å². The maximum Gasteiger partial charge on any atom is 0.311 e. The zero-order valence-electron chi connectivity index (χ0n) is 21.3. The molecule has 8 nitrogen and oxygen atoms in total. The first-order valence-electron chi connectivity index (χ1n) is 12.2. The van der Waals surface area contributed by atoms with Crippen molar-refractivity contribution >= 4 is 34.7 Å². The van der Waals surface area contributed by atoms with Gasteiger partial charge in [-0.1, -0.05) is 56.3 Å². The molecule has 0 saturated carbocycles. The third-order valence-corrected chi connectivity index (χ3v) is 7.06. The van der Waals surface area contributed by atoms with Gasteiger partial charge < -0.3 is 9.84 Å². The van der Waals surface area contributed by atoms with Gasteiger partial charge in [-0.15, -0.1) is 0 Å². The number of amides is 2. The molecule has 0 aliphatic carbocycles. The van der Waals surface area contributed by atoms with E-state index in [9.17, 15) is 24.8 Å². The van der Waals surface area contributed by atoms with Crippen LogP contribution in [0, 0.1) is 17.0 Å². The van der Waals surface area contributed by atoms with Crippen molar-refractivity contribution in [3.05, 3.63) is 104 Å². The van der Waals surface area contributed by atoms with Crippen LogP contribution in [-0.4, -0.2) is 39.2 Å². The predicted molar refractivity (Wildman–Crippen MR) is 147 cm³/mol. The number of benzene rings is 3. The highest BCUT2D eigenvalue weighted by atomic mass is 32.2. The first kappa shape index (κ1) is 26.9. The second kappa shape index (κ2) is 11.5. The normalized spacial score (nSPS) is 14.5. The zero-order chi connectivity index (χ0) is 27.4. The maximum atomic E-state index is 13.0. The van der Waals surface area contributed by atoms with Gasteiger partial charge in [0.15, 0.2) is 0 Å². The summed E-state index contributed by atoms with van der Waals surface area (Å²) in [6.07, 6.45) is 1.74. The van der Waals surface area contributed by atoms with E-state index in [-0.39, 0.29) is 29.5 Å². The molecule has 2 amide bonds. The third-order valence-electron chi connectivity index (χ3n) is 6.15. The van der Waals surface area contributed by atoms with Gasteiger partial charge in [0.25, 0.3) is 11.1 Å². The van der Waals surface area contributed by atoms with Crippen LogP contribution in [0.3, 0.4) is 0 Å². The van der Waals surface area contributed by atoms with E-state index >= 15 is 0 Å². The molecule has 196 valence electrons. The van der Waals surface area contributed by atoms with Crippen molar-refractivity contribution in [1.29, 1.82) is 0 Å². The number of carbonyl (C=O) groups excluding carboxylic acids is 2. The fourth-order valence-electron chi connectivity index (χ4n) is 4.21. The standard InChI is InChI=1S/C29H28N2O6S/c1-18(2)23-10-9-19(3)13-25(23)37-12-11-30-28(33)26(38-29(30)34)17-22-15-21(14-20-7-5-4-6-8-20)16-24(27(22)32)31(35)36/h4-10,13,15-18,32H,11-12,14H2,1-3H3/b26-17-. The predicted octanol–water partition coefficient (Wildman–Crippen LogP) is 6.44. The number of rotatable bonds is 9. The number of ether oxygens (including phenoxy) is 1. The number of nitrogens with zero attached hydrogens (tertiary/aromatic N) is 2. The molecule has 3 aromatic carbocycles. The molecule has 1 saturated heterocycles. The smallest absolute Gasteiger partial charge is 0.311 e. The summed E-state index contributed by atoms with van der Waals surface area (Å²) in [5, 5.41) is 21.7. The van der Waals surface area contributed by atoms with Crippen molar-refractivity contribution in [1.82, 2.24) is 4.90 Å². The lowest BCUT2D eigenvalue weighted by Gasteiger charge is -2.17. The summed E-state index contributed by atoms with van der Waals surface area (Å²) in [5.41, 5.74) is 3.26. The highest BCUT2D eigenvalue weighted by Crippen LogP contribution is 2.38.